The minimum Gasteiger partial charge on any atom is -0.508 e. The van der Waals surface area contributed by atoms with Crippen molar-refractivity contribution in [2.45, 2.75) is 32.2 Å². The molecule has 17 heavy (non-hydrogen) atoms. The van der Waals surface area contributed by atoms with Crippen LogP contribution in [-0.2, 0) is 11.2 Å². The van der Waals surface area contributed by atoms with E-state index in [9.17, 15) is 5.11 Å². The topological polar surface area (TPSA) is 41.5 Å². The summed E-state index contributed by atoms with van der Waals surface area (Å²) in [4.78, 5) is 0. The van der Waals surface area contributed by atoms with Crippen molar-refractivity contribution in [1.82, 2.24) is 5.32 Å². The number of phenolic OH excluding ortho intramolecular Hbond substituents is 1. The summed E-state index contributed by atoms with van der Waals surface area (Å²) in [6.45, 7) is 3.92. The Morgan fingerprint density at radius 3 is 2.59 bits per heavy atom. The highest BCUT2D eigenvalue weighted by Crippen LogP contribution is 2.13. The van der Waals surface area contributed by atoms with E-state index in [0.29, 0.717) is 11.8 Å². The average Bonchev–Trinajstić information content (AvgIpc) is 2.32. The lowest BCUT2D eigenvalue weighted by Gasteiger charge is -2.17. The molecule has 0 fully saturated rings. The maximum Gasteiger partial charge on any atom is 0.115 e. The van der Waals surface area contributed by atoms with E-state index in [-0.39, 0.29) is 0 Å². The molecular formula is C14H23NO2. The van der Waals surface area contributed by atoms with Gasteiger partial charge in [-0.1, -0.05) is 19.1 Å². The van der Waals surface area contributed by atoms with Crippen LogP contribution in [0.2, 0.25) is 0 Å². The molecule has 0 aliphatic rings. The summed E-state index contributed by atoms with van der Waals surface area (Å²) in [7, 11) is 1.74. The SMILES string of the molecule is CCNC(CCCOC)Cc1ccc(O)cc1. The summed E-state index contributed by atoms with van der Waals surface area (Å²) in [6.07, 6.45) is 3.19. The van der Waals surface area contributed by atoms with E-state index in [4.69, 9.17) is 4.74 Å². The lowest BCUT2D eigenvalue weighted by Crippen LogP contribution is -2.31. The maximum atomic E-state index is 9.24. The predicted molar refractivity (Wildman–Crippen MR) is 70.4 cm³/mol. The van der Waals surface area contributed by atoms with Gasteiger partial charge < -0.3 is 15.2 Å². The molecule has 1 rings (SSSR count). The largest absolute Gasteiger partial charge is 0.508 e. The molecule has 0 saturated carbocycles. The van der Waals surface area contributed by atoms with Crippen LogP contribution in [0.3, 0.4) is 0 Å². The molecule has 1 atom stereocenters. The van der Waals surface area contributed by atoms with Gasteiger partial charge in [-0.05, 0) is 43.5 Å². The summed E-state index contributed by atoms with van der Waals surface area (Å²) in [5, 5.41) is 12.7. The number of methoxy groups -OCH3 is 1. The van der Waals surface area contributed by atoms with Crippen LogP contribution >= 0.6 is 0 Å². The maximum absolute atomic E-state index is 9.24. The number of nitrogens with one attached hydrogen (secondary N) is 1. The Kier molecular flexibility index (Phi) is 6.67. The number of likely N-dealkylation sites (N-methyl/N-ethyl adjacent to an activating group) is 1. The van der Waals surface area contributed by atoms with Gasteiger partial charge in [-0.3, -0.25) is 0 Å². The highest BCUT2D eigenvalue weighted by Gasteiger charge is 2.08. The molecule has 0 heterocycles. The van der Waals surface area contributed by atoms with Gasteiger partial charge in [-0.25, -0.2) is 0 Å². The van der Waals surface area contributed by atoms with Crippen molar-refractivity contribution in [2.24, 2.45) is 0 Å². The molecule has 0 amide bonds. The van der Waals surface area contributed by atoms with Crippen molar-refractivity contribution >= 4 is 0 Å². The monoisotopic (exact) mass is 237 g/mol. The molecule has 0 aliphatic carbocycles. The second kappa shape index (κ2) is 8.09. The molecule has 1 aromatic carbocycles. The molecular weight excluding hydrogens is 214 g/mol. The van der Waals surface area contributed by atoms with Gasteiger partial charge in [-0.15, -0.1) is 0 Å². The third-order valence-corrected chi connectivity index (χ3v) is 2.81. The van der Waals surface area contributed by atoms with Gasteiger partial charge in [0, 0.05) is 19.8 Å². The molecule has 3 heteroatoms. The molecule has 0 aliphatic heterocycles. The average molecular weight is 237 g/mol. The van der Waals surface area contributed by atoms with Crippen molar-refractivity contribution in [2.75, 3.05) is 20.3 Å². The van der Waals surface area contributed by atoms with E-state index in [1.165, 1.54) is 5.56 Å². The zero-order valence-electron chi connectivity index (χ0n) is 10.8. The molecule has 2 N–H and O–H groups in total. The van der Waals surface area contributed by atoms with Crippen LogP contribution in [0, 0.1) is 0 Å². The van der Waals surface area contributed by atoms with Crippen molar-refractivity contribution in [3.8, 4) is 5.75 Å². The normalized spacial score (nSPS) is 12.6. The molecule has 0 radical (unpaired) electrons. The number of benzene rings is 1. The van der Waals surface area contributed by atoms with E-state index in [0.717, 1.165) is 32.4 Å². The Labute approximate surface area is 104 Å². The van der Waals surface area contributed by atoms with Gasteiger partial charge in [0.2, 0.25) is 0 Å². The predicted octanol–water partition coefficient (Wildman–Crippen LogP) is 2.34. The molecule has 0 bridgehead atoms. The summed E-state index contributed by atoms with van der Waals surface area (Å²) in [6, 6.07) is 7.94. The second-order valence-corrected chi connectivity index (χ2v) is 4.26. The first kappa shape index (κ1) is 14.0. The highest BCUT2D eigenvalue weighted by molar-refractivity contribution is 5.26. The Hall–Kier alpha value is -1.06. The summed E-state index contributed by atoms with van der Waals surface area (Å²) < 4.78 is 5.08. The Balaban J connectivity index is 2.44. The lowest BCUT2D eigenvalue weighted by atomic mass is 10.0. The first-order valence-electron chi connectivity index (χ1n) is 6.26. The first-order valence-corrected chi connectivity index (χ1v) is 6.26. The molecule has 96 valence electrons. The van der Waals surface area contributed by atoms with Crippen LogP contribution in [0.15, 0.2) is 24.3 Å². The fourth-order valence-corrected chi connectivity index (χ4v) is 1.96. The highest BCUT2D eigenvalue weighted by atomic mass is 16.5. The number of phenols is 1. The van der Waals surface area contributed by atoms with E-state index < -0.39 is 0 Å². The van der Waals surface area contributed by atoms with Crippen LogP contribution in [0.4, 0.5) is 0 Å². The molecule has 0 aromatic heterocycles. The zero-order chi connectivity index (χ0) is 12.5. The third kappa shape index (κ3) is 5.71. The quantitative estimate of drug-likeness (QED) is 0.682. The van der Waals surface area contributed by atoms with Gasteiger partial charge in [0.05, 0.1) is 0 Å². The minimum absolute atomic E-state index is 0.327. The number of hydrogen-bond donors (Lipinski definition) is 2. The van der Waals surface area contributed by atoms with Crippen LogP contribution in [-0.4, -0.2) is 31.4 Å². The van der Waals surface area contributed by atoms with E-state index >= 15 is 0 Å². The van der Waals surface area contributed by atoms with Gasteiger partial charge >= 0.3 is 0 Å². The van der Waals surface area contributed by atoms with Crippen molar-refractivity contribution in [3.05, 3.63) is 29.8 Å². The van der Waals surface area contributed by atoms with Gasteiger partial charge in [0.1, 0.15) is 5.75 Å². The van der Waals surface area contributed by atoms with Gasteiger partial charge in [0.15, 0.2) is 0 Å². The Morgan fingerprint density at radius 1 is 1.29 bits per heavy atom. The lowest BCUT2D eigenvalue weighted by molar-refractivity contribution is 0.188. The summed E-state index contributed by atoms with van der Waals surface area (Å²) in [5.41, 5.74) is 1.26. The van der Waals surface area contributed by atoms with Gasteiger partial charge in [0.25, 0.3) is 0 Å². The summed E-state index contributed by atoms with van der Waals surface area (Å²) >= 11 is 0. The van der Waals surface area contributed by atoms with Crippen LogP contribution in [0.1, 0.15) is 25.3 Å². The van der Waals surface area contributed by atoms with E-state index in [2.05, 4.69) is 12.2 Å². The number of hydrogen-bond acceptors (Lipinski definition) is 3. The molecule has 0 saturated heterocycles. The van der Waals surface area contributed by atoms with Crippen molar-refractivity contribution < 1.29 is 9.84 Å². The molecule has 1 aromatic rings. The van der Waals surface area contributed by atoms with Crippen molar-refractivity contribution in [3.63, 3.8) is 0 Å². The number of ether oxygens (including phenoxy) is 1. The fraction of sp³-hybridized carbons (Fsp3) is 0.571. The van der Waals surface area contributed by atoms with Crippen LogP contribution in [0.25, 0.3) is 0 Å². The number of aromatic hydroxyl groups is 1. The molecule has 1 unspecified atom stereocenters. The summed E-state index contributed by atoms with van der Waals surface area (Å²) in [5.74, 6) is 0.327. The smallest absolute Gasteiger partial charge is 0.115 e. The Morgan fingerprint density at radius 2 is 2.00 bits per heavy atom. The Bertz CT molecular complexity index is 298. The number of rotatable bonds is 8. The van der Waals surface area contributed by atoms with Crippen LogP contribution in [0.5, 0.6) is 5.75 Å². The fourth-order valence-electron chi connectivity index (χ4n) is 1.96. The molecule has 3 nitrogen and oxygen atoms in total. The van der Waals surface area contributed by atoms with Crippen LogP contribution < -0.4 is 5.32 Å². The standard InChI is InChI=1S/C14H23NO2/c1-3-15-13(5-4-10-17-2)11-12-6-8-14(16)9-7-12/h6-9,13,15-16H,3-5,10-11H2,1-2H3. The second-order valence-electron chi connectivity index (χ2n) is 4.26. The van der Waals surface area contributed by atoms with E-state index in [1.54, 1.807) is 19.2 Å². The zero-order valence-corrected chi connectivity index (χ0v) is 10.8. The molecule has 0 spiro atoms. The van der Waals surface area contributed by atoms with E-state index in [1.807, 2.05) is 12.1 Å². The van der Waals surface area contributed by atoms with Gasteiger partial charge in [-0.2, -0.15) is 0 Å². The third-order valence-electron chi connectivity index (χ3n) is 2.81. The first-order chi connectivity index (χ1) is 8.26. The minimum atomic E-state index is 0.327. The van der Waals surface area contributed by atoms with Crippen molar-refractivity contribution in [1.29, 1.82) is 0 Å².